The third-order valence-corrected chi connectivity index (χ3v) is 2.89. The van der Waals surface area contributed by atoms with Crippen LogP contribution in [0.15, 0.2) is 0 Å². The molecule has 0 spiro atoms. The van der Waals surface area contributed by atoms with E-state index in [1.54, 1.807) is 18.4 Å². The van der Waals surface area contributed by atoms with Crippen molar-refractivity contribution >= 4 is 11.3 Å². The molecule has 0 bridgehead atoms. The molecule has 0 aromatic carbocycles. The van der Waals surface area contributed by atoms with Crippen molar-refractivity contribution in [1.29, 1.82) is 5.26 Å². The number of aryl methyl sites for hydroxylation is 1. The van der Waals surface area contributed by atoms with Crippen LogP contribution in [0.25, 0.3) is 0 Å². The van der Waals surface area contributed by atoms with Crippen LogP contribution in [0.2, 0.25) is 0 Å². The number of rotatable bonds is 5. The second kappa shape index (κ2) is 5.74. The van der Waals surface area contributed by atoms with Crippen molar-refractivity contribution in [2.45, 2.75) is 32.8 Å². The molecule has 76 valence electrons. The van der Waals surface area contributed by atoms with E-state index < -0.39 is 0 Å². The quantitative estimate of drug-likeness (QED) is 0.749. The fraction of sp³-hybridized carbons (Fsp3) is 0.600. The predicted molar refractivity (Wildman–Crippen MR) is 56.1 cm³/mol. The maximum atomic E-state index is 8.65. The van der Waals surface area contributed by atoms with Crippen LogP contribution in [-0.4, -0.2) is 12.1 Å². The lowest BCUT2D eigenvalue weighted by Crippen LogP contribution is -1.90. The van der Waals surface area contributed by atoms with Crippen molar-refractivity contribution in [3.8, 4) is 6.07 Å². The predicted octanol–water partition coefficient (Wildman–Crippen LogP) is 2.31. The lowest BCUT2D eigenvalue weighted by molar-refractivity contribution is 0.184. The van der Waals surface area contributed by atoms with Crippen molar-refractivity contribution in [3.05, 3.63) is 15.6 Å². The normalized spacial score (nSPS) is 10.1. The standard InChI is InChI=1S/C10H14N2OS/c1-3-4-8-9(5-6-11)14-10(12-8)7-13-2/h3-5,7H2,1-2H3. The Morgan fingerprint density at radius 2 is 2.36 bits per heavy atom. The molecule has 0 saturated heterocycles. The molecule has 0 saturated carbocycles. The number of hydrogen-bond donors (Lipinski definition) is 0. The molecular weight excluding hydrogens is 196 g/mol. The smallest absolute Gasteiger partial charge is 0.119 e. The Morgan fingerprint density at radius 3 is 2.93 bits per heavy atom. The Bertz CT molecular complexity index is 327. The average Bonchev–Trinajstić information content (AvgIpc) is 2.50. The first kappa shape index (κ1) is 11.2. The van der Waals surface area contributed by atoms with Gasteiger partial charge in [0.2, 0.25) is 0 Å². The lowest BCUT2D eigenvalue weighted by atomic mass is 10.2. The molecule has 0 atom stereocenters. The molecule has 0 N–H and O–H groups in total. The van der Waals surface area contributed by atoms with E-state index in [0.29, 0.717) is 13.0 Å². The van der Waals surface area contributed by atoms with E-state index in [9.17, 15) is 0 Å². The van der Waals surface area contributed by atoms with Gasteiger partial charge >= 0.3 is 0 Å². The molecule has 0 fully saturated rings. The Kier molecular flexibility index (Phi) is 4.57. The van der Waals surface area contributed by atoms with Crippen LogP contribution >= 0.6 is 11.3 Å². The minimum absolute atomic E-state index is 0.469. The molecular formula is C10H14N2OS. The lowest BCUT2D eigenvalue weighted by Gasteiger charge is -1.93. The summed E-state index contributed by atoms with van der Waals surface area (Å²) in [4.78, 5) is 5.55. The molecule has 0 unspecified atom stereocenters. The molecule has 3 nitrogen and oxygen atoms in total. The second-order valence-corrected chi connectivity index (χ2v) is 4.16. The van der Waals surface area contributed by atoms with Crippen LogP contribution in [0.1, 0.15) is 28.9 Å². The Labute approximate surface area is 88.4 Å². The van der Waals surface area contributed by atoms with Gasteiger partial charge in [-0.15, -0.1) is 11.3 Å². The Morgan fingerprint density at radius 1 is 1.57 bits per heavy atom. The number of methoxy groups -OCH3 is 1. The number of nitriles is 1. The molecule has 1 rings (SSSR count). The Hall–Kier alpha value is -0.920. The van der Waals surface area contributed by atoms with Crippen molar-refractivity contribution in [3.63, 3.8) is 0 Å². The van der Waals surface area contributed by atoms with Gasteiger partial charge < -0.3 is 4.74 Å². The van der Waals surface area contributed by atoms with Gasteiger partial charge in [0, 0.05) is 12.0 Å². The zero-order valence-electron chi connectivity index (χ0n) is 8.54. The highest BCUT2D eigenvalue weighted by Gasteiger charge is 2.09. The van der Waals surface area contributed by atoms with E-state index in [1.165, 1.54) is 0 Å². The molecule has 0 aliphatic rings. The van der Waals surface area contributed by atoms with Crippen molar-refractivity contribution in [2.75, 3.05) is 7.11 Å². The van der Waals surface area contributed by atoms with Gasteiger partial charge in [-0.3, -0.25) is 0 Å². The zero-order chi connectivity index (χ0) is 10.4. The monoisotopic (exact) mass is 210 g/mol. The molecule has 4 heteroatoms. The van der Waals surface area contributed by atoms with Crippen molar-refractivity contribution in [2.24, 2.45) is 0 Å². The van der Waals surface area contributed by atoms with Crippen LogP contribution < -0.4 is 0 Å². The molecule has 1 aromatic heterocycles. The first-order valence-electron chi connectivity index (χ1n) is 4.65. The minimum atomic E-state index is 0.469. The van der Waals surface area contributed by atoms with Crippen LogP contribution in [0.4, 0.5) is 0 Å². The summed E-state index contributed by atoms with van der Waals surface area (Å²) in [6, 6.07) is 2.17. The first-order valence-corrected chi connectivity index (χ1v) is 5.46. The fourth-order valence-corrected chi connectivity index (χ4v) is 2.28. The van der Waals surface area contributed by atoms with Crippen LogP contribution in [0.3, 0.4) is 0 Å². The maximum absolute atomic E-state index is 8.65. The first-order chi connectivity index (χ1) is 6.81. The Balaban J connectivity index is 2.82. The average molecular weight is 210 g/mol. The highest BCUT2D eigenvalue weighted by Crippen LogP contribution is 2.21. The summed E-state index contributed by atoms with van der Waals surface area (Å²) in [5, 5.41) is 9.62. The van der Waals surface area contributed by atoms with E-state index in [0.717, 1.165) is 28.4 Å². The van der Waals surface area contributed by atoms with E-state index in [2.05, 4.69) is 18.0 Å². The van der Waals surface area contributed by atoms with Gasteiger partial charge in [0.05, 0.1) is 24.8 Å². The molecule has 0 amide bonds. The van der Waals surface area contributed by atoms with Gasteiger partial charge in [0.15, 0.2) is 0 Å². The zero-order valence-corrected chi connectivity index (χ0v) is 9.36. The van der Waals surface area contributed by atoms with Crippen molar-refractivity contribution in [1.82, 2.24) is 4.98 Å². The summed E-state index contributed by atoms with van der Waals surface area (Å²) in [5.74, 6) is 0. The van der Waals surface area contributed by atoms with Gasteiger partial charge in [-0.05, 0) is 6.42 Å². The van der Waals surface area contributed by atoms with E-state index in [1.807, 2.05) is 0 Å². The van der Waals surface area contributed by atoms with Crippen molar-refractivity contribution < 1.29 is 4.74 Å². The summed E-state index contributed by atoms with van der Waals surface area (Å²) in [6.07, 6.45) is 2.49. The summed E-state index contributed by atoms with van der Waals surface area (Å²) >= 11 is 1.59. The van der Waals surface area contributed by atoms with Crippen LogP contribution in [0.5, 0.6) is 0 Å². The number of nitrogens with zero attached hydrogens (tertiary/aromatic N) is 2. The maximum Gasteiger partial charge on any atom is 0.119 e. The second-order valence-electron chi connectivity index (χ2n) is 3.00. The van der Waals surface area contributed by atoms with Gasteiger partial charge in [0.1, 0.15) is 5.01 Å². The molecule has 14 heavy (non-hydrogen) atoms. The SMILES string of the molecule is CCCc1nc(COC)sc1CC#N. The van der Waals surface area contributed by atoms with Crippen LogP contribution in [-0.2, 0) is 24.2 Å². The summed E-state index contributed by atoms with van der Waals surface area (Å²) in [5.41, 5.74) is 1.08. The largest absolute Gasteiger partial charge is 0.378 e. The summed E-state index contributed by atoms with van der Waals surface area (Å²) in [6.45, 7) is 2.66. The minimum Gasteiger partial charge on any atom is -0.378 e. The number of thiazole rings is 1. The molecule has 0 radical (unpaired) electrons. The highest BCUT2D eigenvalue weighted by molar-refractivity contribution is 7.11. The number of hydrogen-bond acceptors (Lipinski definition) is 4. The number of aromatic nitrogens is 1. The van der Waals surface area contributed by atoms with E-state index in [-0.39, 0.29) is 0 Å². The third-order valence-electron chi connectivity index (χ3n) is 1.82. The summed E-state index contributed by atoms with van der Waals surface area (Å²) < 4.78 is 5.02. The molecule has 0 aliphatic heterocycles. The molecule has 1 aromatic rings. The highest BCUT2D eigenvalue weighted by atomic mass is 32.1. The van der Waals surface area contributed by atoms with Gasteiger partial charge in [0.25, 0.3) is 0 Å². The van der Waals surface area contributed by atoms with E-state index >= 15 is 0 Å². The van der Waals surface area contributed by atoms with E-state index in [4.69, 9.17) is 10.00 Å². The van der Waals surface area contributed by atoms with Crippen LogP contribution in [0, 0.1) is 11.3 Å². The van der Waals surface area contributed by atoms with Gasteiger partial charge in [-0.2, -0.15) is 5.26 Å². The molecule has 1 heterocycles. The number of ether oxygens (including phenoxy) is 1. The fourth-order valence-electron chi connectivity index (χ4n) is 1.26. The van der Waals surface area contributed by atoms with Gasteiger partial charge in [-0.25, -0.2) is 4.98 Å². The summed E-state index contributed by atoms with van der Waals surface area (Å²) in [7, 11) is 1.66. The third kappa shape index (κ3) is 2.79. The molecule has 0 aliphatic carbocycles. The topological polar surface area (TPSA) is 45.9 Å². The van der Waals surface area contributed by atoms with Gasteiger partial charge in [-0.1, -0.05) is 13.3 Å².